The number of hydrogen-bond donors (Lipinski definition) is 1. The van der Waals surface area contributed by atoms with Crippen molar-refractivity contribution in [3.8, 4) is 0 Å². The van der Waals surface area contributed by atoms with Crippen molar-refractivity contribution in [2.45, 2.75) is 25.6 Å². The molecular formula is C11H15F3N4O. The highest BCUT2D eigenvalue weighted by atomic mass is 19.4. The summed E-state index contributed by atoms with van der Waals surface area (Å²) in [6.07, 6.45) is -3.93. The van der Waals surface area contributed by atoms with Crippen molar-refractivity contribution in [2.24, 2.45) is 0 Å². The van der Waals surface area contributed by atoms with Crippen LogP contribution in [-0.4, -0.2) is 35.8 Å². The number of nitrogens with zero attached hydrogens (tertiary/aromatic N) is 3. The third-order valence-electron chi connectivity index (χ3n) is 2.76. The molecule has 0 saturated carbocycles. The molecule has 0 aliphatic carbocycles. The van der Waals surface area contributed by atoms with Gasteiger partial charge in [-0.25, -0.2) is 9.97 Å². The minimum atomic E-state index is -4.60. The van der Waals surface area contributed by atoms with Gasteiger partial charge in [0.2, 0.25) is 5.82 Å². The van der Waals surface area contributed by atoms with Gasteiger partial charge in [0.15, 0.2) is 0 Å². The summed E-state index contributed by atoms with van der Waals surface area (Å²) in [6.45, 7) is 3.52. The third kappa shape index (κ3) is 3.46. The fourth-order valence-electron chi connectivity index (χ4n) is 1.94. The van der Waals surface area contributed by atoms with Crippen LogP contribution in [0.5, 0.6) is 0 Å². The molecule has 1 aromatic heterocycles. The maximum atomic E-state index is 12.6. The summed E-state index contributed by atoms with van der Waals surface area (Å²) in [4.78, 5) is 8.53. The van der Waals surface area contributed by atoms with Crippen LogP contribution >= 0.6 is 0 Å². The van der Waals surface area contributed by atoms with Gasteiger partial charge in [0.1, 0.15) is 11.6 Å². The Bertz CT molecular complexity index is 452. The zero-order chi connectivity index (χ0) is 14.0. The van der Waals surface area contributed by atoms with Crippen molar-refractivity contribution < 1.29 is 17.9 Å². The fraction of sp³-hybridized carbons (Fsp3) is 0.636. The van der Waals surface area contributed by atoms with Crippen molar-refractivity contribution >= 4 is 11.6 Å². The standard InChI is InChI=1S/C11H15F3N4O/c1-7-6-18(3-2-4-19-7)9-5-8(15)16-10(17-9)11(12,13)14/h5,7H,2-4,6H2,1H3,(H2,15,16,17). The van der Waals surface area contributed by atoms with Crippen molar-refractivity contribution in [3.63, 3.8) is 0 Å². The number of hydrogen-bond acceptors (Lipinski definition) is 5. The molecule has 1 aliphatic rings. The molecule has 1 aromatic rings. The Morgan fingerprint density at radius 1 is 1.42 bits per heavy atom. The lowest BCUT2D eigenvalue weighted by Crippen LogP contribution is -2.31. The van der Waals surface area contributed by atoms with Gasteiger partial charge in [-0.15, -0.1) is 0 Å². The summed E-state index contributed by atoms with van der Waals surface area (Å²) in [5, 5.41) is 0. The molecule has 1 aliphatic heterocycles. The van der Waals surface area contributed by atoms with Crippen LogP contribution in [0.1, 0.15) is 19.2 Å². The van der Waals surface area contributed by atoms with Gasteiger partial charge in [0.05, 0.1) is 6.10 Å². The molecule has 19 heavy (non-hydrogen) atoms. The number of alkyl halides is 3. The number of nitrogen functional groups attached to an aromatic ring is 1. The first-order chi connectivity index (χ1) is 8.86. The highest BCUT2D eigenvalue weighted by molar-refractivity contribution is 5.47. The molecule has 2 heterocycles. The van der Waals surface area contributed by atoms with Crippen LogP contribution in [0.3, 0.4) is 0 Å². The van der Waals surface area contributed by atoms with Gasteiger partial charge in [0.25, 0.3) is 0 Å². The first-order valence-electron chi connectivity index (χ1n) is 5.94. The molecule has 0 amide bonds. The van der Waals surface area contributed by atoms with Crippen LogP contribution in [-0.2, 0) is 10.9 Å². The molecule has 8 heteroatoms. The maximum absolute atomic E-state index is 12.6. The Kier molecular flexibility index (Phi) is 3.79. The van der Waals surface area contributed by atoms with E-state index >= 15 is 0 Å². The van der Waals surface area contributed by atoms with Crippen LogP contribution in [0.4, 0.5) is 24.8 Å². The average molecular weight is 276 g/mol. The lowest BCUT2D eigenvalue weighted by Gasteiger charge is -2.23. The topological polar surface area (TPSA) is 64.3 Å². The van der Waals surface area contributed by atoms with E-state index in [9.17, 15) is 13.2 Å². The normalized spacial score (nSPS) is 21.3. The summed E-state index contributed by atoms with van der Waals surface area (Å²) in [6, 6.07) is 1.35. The predicted octanol–water partition coefficient (Wildman–Crippen LogP) is 1.69. The fourth-order valence-corrected chi connectivity index (χ4v) is 1.94. The lowest BCUT2D eigenvalue weighted by molar-refractivity contribution is -0.144. The van der Waals surface area contributed by atoms with Crippen LogP contribution in [0.15, 0.2) is 6.07 Å². The largest absolute Gasteiger partial charge is 0.451 e. The summed E-state index contributed by atoms with van der Waals surface area (Å²) >= 11 is 0. The van der Waals surface area contributed by atoms with Crippen LogP contribution < -0.4 is 10.6 Å². The second-order valence-electron chi connectivity index (χ2n) is 4.45. The number of anilines is 2. The molecule has 0 aromatic carbocycles. The van der Waals surface area contributed by atoms with E-state index in [-0.39, 0.29) is 17.7 Å². The highest BCUT2D eigenvalue weighted by Crippen LogP contribution is 2.29. The van der Waals surface area contributed by atoms with Crippen molar-refractivity contribution in [1.29, 1.82) is 0 Å². The van der Waals surface area contributed by atoms with E-state index in [0.717, 1.165) is 6.42 Å². The van der Waals surface area contributed by atoms with E-state index in [1.54, 1.807) is 4.90 Å². The monoisotopic (exact) mass is 276 g/mol. The number of ether oxygens (including phenoxy) is 1. The third-order valence-corrected chi connectivity index (χ3v) is 2.76. The molecular weight excluding hydrogens is 261 g/mol. The van der Waals surface area contributed by atoms with E-state index in [1.807, 2.05) is 6.92 Å². The summed E-state index contributed by atoms with van der Waals surface area (Å²) < 4.78 is 43.4. The van der Waals surface area contributed by atoms with Gasteiger partial charge in [0, 0.05) is 25.8 Å². The quantitative estimate of drug-likeness (QED) is 0.845. The molecule has 1 saturated heterocycles. The van der Waals surface area contributed by atoms with Crippen LogP contribution in [0.2, 0.25) is 0 Å². The number of rotatable bonds is 1. The highest BCUT2D eigenvalue weighted by Gasteiger charge is 2.35. The zero-order valence-electron chi connectivity index (χ0n) is 10.4. The second-order valence-corrected chi connectivity index (χ2v) is 4.45. The van der Waals surface area contributed by atoms with E-state index in [2.05, 4.69) is 9.97 Å². The number of halogens is 3. The maximum Gasteiger partial charge on any atom is 0.451 e. The van der Waals surface area contributed by atoms with Crippen LogP contribution in [0, 0.1) is 0 Å². The first kappa shape index (κ1) is 13.9. The van der Waals surface area contributed by atoms with Crippen LogP contribution in [0.25, 0.3) is 0 Å². The zero-order valence-corrected chi connectivity index (χ0v) is 10.4. The first-order valence-corrected chi connectivity index (χ1v) is 5.94. The minimum absolute atomic E-state index is 0.0620. The van der Waals surface area contributed by atoms with Crippen molar-refractivity contribution in [2.75, 3.05) is 30.3 Å². The molecule has 1 atom stereocenters. The Hall–Kier alpha value is -1.57. The minimum Gasteiger partial charge on any atom is -0.384 e. The van der Waals surface area contributed by atoms with Gasteiger partial charge in [-0.05, 0) is 13.3 Å². The van der Waals surface area contributed by atoms with E-state index in [0.29, 0.717) is 19.7 Å². The molecule has 0 bridgehead atoms. The van der Waals surface area contributed by atoms with Gasteiger partial charge in [-0.2, -0.15) is 13.2 Å². The van der Waals surface area contributed by atoms with E-state index < -0.39 is 12.0 Å². The van der Waals surface area contributed by atoms with Gasteiger partial charge < -0.3 is 15.4 Å². The SMILES string of the molecule is CC1CN(c2cc(N)nc(C(F)(F)F)n2)CCCO1. The van der Waals surface area contributed by atoms with Gasteiger partial charge in [-0.3, -0.25) is 0 Å². The van der Waals surface area contributed by atoms with Crippen molar-refractivity contribution in [1.82, 2.24) is 9.97 Å². The summed E-state index contributed by atoms with van der Waals surface area (Å²) in [5.41, 5.74) is 5.43. The molecule has 5 nitrogen and oxygen atoms in total. The predicted molar refractivity (Wildman–Crippen MR) is 63.7 cm³/mol. The van der Waals surface area contributed by atoms with Crippen molar-refractivity contribution in [3.05, 3.63) is 11.9 Å². The Balaban J connectivity index is 2.30. The molecule has 106 valence electrons. The Morgan fingerprint density at radius 3 is 2.84 bits per heavy atom. The molecule has 2 rings (SSSR count). The number of nitrogens with two attached hydrogens (primary N) is 1. The molecule has 2 N–H and O–H groups in total. The van der Waals surface area contributed by atoms with E-state index in [4.69, 9.17) is 10.5 Å². The molecule has 0 radical (unpaired) electrons. The smallest absolute Gasteiger partial charge is 0.384 e. The Labute approximate surface area is 108 Å². The summed E-state index contributed by atoms with van der Waals surface area (Å²) in [5.74, 6) is -1.20. The van der Waals surface area contributed by atoms with E-state index in [1.165, 1.54) is 6.07 Å². The van der Waals surface area contributed by atoms with Gasteiger partial charge in [-0.1, -0.05) is 0 Å². The molecule has 1 fully saturated rings. The Morgan fingerprint density at radius 2 is 2.16 bits per heavy atom. The number of aromatic nitrogens is 2. The lowest BCUT2D eigenvalue weighted by atomic mass is 10.3. The van der Waals surface area contributed by atoms with Gasteiger partial charge >= 0.3 is 6.18 Å². The molecule has 1 unspecified atom stereocenters. The summed E-state index contributed by atoms with van der Waals surface area (Å²) in [7, 11) is 0. The average Bonchev–Trinajstić information content (AvgIpc) is 2.52. The second kappa shape index (κ2) is 5.20. The molecule has 0 spiro atoms.